The van der Waals surface area contributed by atoms with E-state index < -0.39 is 5.97 Å². The van der Waals surface area contributed by atoms with Crippen LogP contribution in [0.5, 0.6) is 0 Å². The van der Waals surface area contributed by atoms with Crippen LogP contribution in [0.3, 0.4) is 0 Å². The van der Waals surface area contributed by atoms with Crippen molar-refractivity contribution < 1.29 is 9.90 Å². The molecule has 0 aliphatic rings. The molecule has 0 fully saturated rings. The van der Waals surface area contributed by atoms with Crippen LogP contribution in [-0.4, -0.2) is 48.8 Å². The molecule has 0 aliphatic carbocycles. The van der Waals surface area contributed by atoms with Crippen LogP contribution in [0.15, 0.2) is 0 Å². The Morgan fingerprint density at radius 1 is 1.80 bits per heavy atom. The Labute approximate surface area is 60.2 Å². The Morgan fingerprint density at radius 2 is 1.80 bits per heavy atom. The van der Waals surface area contributed by atoms with Crippen LogP contribution in [0.4, 0.5) is 0 Å². The maximum atomic E-state index is 8.89. The Kier molecular flexibility index (Phi) is 8.72. The molecule has 0 aromatic heterocycles. The van der Waals surface area contributed by atoms with Crippen LogP contribution in [0, 0.1) is 6.92 Å². The van der Waals surface area contributed by atoms with Gasteiger partial charge < -0.3 is 5.11 Å². The average Bonchev–Trinajstić information content (AvgIpc) is 0.811. The van der Waals surface area contributed by atoms with Gasteiger partial charge in [-0.25, -0.2) is 0 Å². The third-order valence-corrected chi connectivity index (χ3v) is 0. The second kappa shape index (κ2) is 4.73. The fourth-order valence-corrected chi connectivity index (χ4v) is 0. The molecule has 2 nitrogen and oxygen atoms in total. The van der Waals surface area contributed by atoms with Crippen molar-refractivity contribution in [3.8, 4) is 0 Å². The Morgan fingerprint density at radius 3 is 1.80 bits per heavy atom. The molecule has 0 unspecified atom stereocenters. The summed E-state index contributed by atoms with van der Waals surface area (Å²) >= 11 is 0. The summed E-state index contributed by atoms with van der Waals surface area (Å²) in [6, 6.07) is 0. The van der Waals surface area contributed by atoms with E-state index in [0.717, 1.165) is 0 Å². The first-order valence-corrected chi connectivity index (χ1v) is 0.781. The van der Waals surface area contributed by atoms with Crippen molar-refractivity contribution in [1.82, 2.24) is 0 Å². The SMILES string of the molecule is [CH2]C(=O)O.[CaH2]. The molecule has 0 spiro atoms. The van der Waals surface area contributed by atoms with E-state index in [2.05, 4.69) is 6.92 Å². The van der Waals surface area contributed by atoms with Crippen molar-refractivity contribution in [3.63, 3.8) is 0 Å². The second-order valence-electron chi connectivity index (χ2n) is 0.394. The molecule has 5 heavy (non-hydrogen) atoms. The molecule has 1 N–H and O–H groups in total. The van der Waals surface area contributed by atoms with Gasteiger partial charge in [-0.15, -0.1) is 0 Å². The predicted molar refractivity (Wildman–Crippen MR) is 21.5 cm³/mol. The molecule has 0 aromatic rings. The third-order valence-electron chi connectivity index (χ3n) is 0. The number of carboxylic acid groups (broad SMARTS) is 1. The van der Waals surface area contributed by atoms with Crippen LogP contribution >= 0.6 is 0 Å². The fourth-order valence-electron chi connectivity index (χ4n) is 0. The van der Waals surface area contributed by atoms with Gasteiger partial charge in [0, 0.05) is 0 Å². The van der Waals surface area contributed by atoms with E-state index in [9.17, 15) is 0 Å². The summed E-state index contributed by atoms with van der Waals surface area (Å²) in [5.41, 5.74) is 0. The van der Waals surface area contributed by atoms with Gasteiger partial charge in [0.2, 0.25) is 0 Å². The first kappa shape index (κ1) is 9.21. The van der Waals surface area contributed by atoms with Gasteiger partial charge in [-0.3, -0.25) is 4.79 Å². The number of hydrogen-bond donors (Lipinski definition) is 1. The monoisotopic (exact) mass is 101 g/mol. The zero-order chi connectivity index (χ0) is 3.58. The van der Waals surface area contributed by atoms with E-state index in [-0.39, 0.29) is 37.7 Å². The molecule has 0 rings (SSSR count). The molecule has 1 radical (unpaired) electrons. The van der Waals surface area contributed by atoms with Crippen LogP contribution < -0.4 is 0 Å². The van der Waals surface area contributed by atoms with Gasteiger partial charge in [0.25, 0.3) is 0 Å². The summed E-state index contributed by atoms with van der Waals surface area (Å²) in [6.45, 7) is 2.56. The number of carbonyl (C=O) groups is 1. The van der Waals surface area contributed by atoms with Crippen molar-refractivity contribution in [2.45, 2.75) is 0 Å². The molecule has 0 aliphatic heterocycles. The standard InChI is InChI=1S/C2H3O2.Ca.2H/c1-2(3)4;;;/h1H2,(H,3,4);;;. The summed E-state index contributed by atoms with van der Waals surface area (Å²) < 4.78 is 0. The molecular weight excluding hydrogens is 96.1 g/mol. The van der Waals surface area contributed by atoms with Gasteiger partial charge in [-0.05, 0) is 0 Å². The summed E-state index contributed by atoms with van der Waals surface area (Å²) in [7, 11) is 0. The molecule has 27 valence electrons. The molecule has 0 bridgehead atoms. The van der Waals surface area contributed by atoms with E-state index in [4.69, 9.17) is 9.90 Å². The molecule has 3 heteroatoms. The average molecular weight is 101 g/mol. The van der Waals surface area contributed by atoms with Crippen molar-refractivity contribution in [1.29, 1.82) is 0 Å². The van der Waals surface area contributed by atoms with E-state index >= 15 is 0 Å². The summed E-state index contributed by atoms with van der Waals surface area (Å²) in [4.78, 5) is 8.89. The second-order valence-corrected chi connectivity index (χ2v) is 0.394. The zero-order valence-corrected chi connectivity index (χ0v) is 2.06. The van der Waals surface area contributed by atoms with Gasteiger partial charge in [0.15, 0.2) is 0 Å². The quantitative estimate of drug-likeness (QED) is 0.397. The topological polar surface area (TPSA) is 37.3 Å². The summed E-state index contributed by atoms with van der Waals surface area (Å²) in [6.07, 6.45) is 0. The van der Waals surface area contributed by atoms with E-state index in [1.807, 2.05) is 0 Å². The Bertz CT molecular complexity index is 30.6. The molecular formula is C2H5CaO2. The van der Waals surface area contributed by atoms with Crippen LogP contribution in [0.2, 0.25) is 0 Å². The predicted octanol–water partition coefficient (Wildman–Crippen LogP) is -1.01. The zero-order valence-electron chi connectivity index (χ0n) is 2.06. The fraction of sp³-hybridized carbons (Fsp3) is 0. The van der Waals surface area contributed by atoms with Crippen molar-refractivity contribution in [2.75, 3.05) is 0 Å². The van der Waals surface area contributed by atoms with Gasteiger partial charge in [0.05, 0.1) is 6.92 Å². The van der Waals surface area contributed by atoms with Crippen molar-refractivity contribution in [3.05, 3.63) is 6.92 Å². The molecule has 0 saturated carbocycles. The number of hydrogen-bond acceptors (Lipinski definition) is 1. The van der Waals surface area contributed by atoms with Gasteiger partial charge in [-0.1, -0.05) is 0 Å². The summed E-state index contributed by atoms with van der Waals surface area (Å²) in [5, 5.41) is 7.31. The van der Waals surface area contributed by atoms with Gasteiger partial charge in [0.1, 0.15) is 0 Å². The van der Waals surface area contributed by atoms with Gasteiger partial charge >= 0.3 is 43.7 Å². The van der Waals surface area contributed by atoms with E-state index in [1.165, 1.54) is 0 Å². The minimum atomic E-state index is -1.08. The van der Waals surface area contributed by atoms with Gasteiger partial charge in [-0.2, -0.15) is 0 Å². The van der Waals surface area contributed by atoms with E-state index in [0.29, 0.717) is 0 Å². The summed E-state index contributed by atoms with van der Waals surface area (Å²) in [5.74, 6) is -1.08. The van der Waals surface area contributed by atoms with Crippen LogP contribution in [0.1, 0.15) is 0 Å². The Hall–Kier alpha value is 0.730. The van der Waals surface area contributed by atoms with Crippen LogP contribution in [0.25, 0.3) is 0 Å². The molecule has 0 amide bonds. The first-order chi connectivity index (χ1) is 1.73. The first-order valence-electron chi connectivity index (χ1n) is 0.781. The van der Waals surface area contributed by atoms with Crippen LogP contribution in [-0.2, 0) is 4.79 Å². The van der Waals surface area contributed by atoms with Crippen molar-refractivity contribution in [2.24, 2.45) is 0 Å². The molecule has 0 heterocycles. The normalized spacial score (nSPS) is 5.00. The maximum absolute atomic E-state index is 8.89. The molecule has 0 aromatic carbocycles. The van der Waals surface area contributed by atoms with E-state index in [1.54, 1.807) is 0 Å². The van der Waals surface area contributed by atoms with Crippen molar-refractivity contribution >= 4 is 43.7 Å². The molecule has 0 saturated heterocycles. The number of carboxylic acids is 1. The molecule has 0 atom stereocenters. The Balaban J connectivity index is 0. The minimum absolute atomic E-state index is 0. The third kappa shape index (κ3) is 66.2. The number of aliphatic carboxylic acids is 1. The number of rotatable bonds is 0.